The zero-order valence-corrected chi connectivity index (χ0v) is 17.0. The van der Waals surface area contributed by atoms with E-state index in [1.54, 1.807) is 0 Å². The first-order valence-electron chi connectivity index (χ1n) is 10.6. The van der Waals surface area contributed by atoms with Gasteiger partial charge in [-0.25, -0.2) is 0 Å². The smallest absolute Gasteiger partial charge is 0.0623 e. The monoisotopic (exact) mass is 392 g/mol. The number of hydrogen-bond donors (Lipinski definition) is 2. The van der Waals surface area contributed by atoms with Crippen LogP contribution in [0.15, 0.2) is 24.3 Å². The largest absolute Gasteiger partial charge is 0.379 e. The molecule has 2 saturated heterocycles. The van der Waals surface area contributed by atoms with Gasteiger partial charge in [-0.15, -0.1) is 0 Å². The predicted molar refractivity (Wildman–Crippen MR) is 112 cm³/mol. The number of morpholine rings is 1. The zero-order chi connectivity index (χ0) is 18.5. The van der Waals surface area contributed by atoms with Crippen LogP contribution in [0.4, 0.5) is 5.69 Å². The fourth-order valence-corrected chi connectivity index (χ4v) is 5.08. The number of nitrogens with zero attached hydrogens (tertiary/aromatic N) is 2. The lowest BCUT2D eigenvalue weighted by Crippen LogP contribution is -2.52. The summed E-state index contributed by atoms with van der Waals surface area (Å²) in [7, 11) is 0. The fraction of sp³-hybridized carbons (Fsp3) is 0.714. The van der Waals surface area contributed by atoms with Crippen molar-refractivity contribution >= 4 is 17.3 Å². The third kappa shape index (κ3) is 5.15. The molecule has 0 radical (unpaired) electrons. The summed E-state index contributed by atoms with van der Waals surface area (Å²) >= 11 is 6.13. The Bertz CT molecular complexity index is 587. The molecule has 1 aliphatic carbocycles. The Kier molecular flexibility index (Phi) is 6.90. The van der Waals surface area contributed by atoms with Crippen LogP contribution in [-0.2, 0) is 4.74 Å². The molecule has 2 heterocycles. The minimum atomic E-state index is 0.542. The predicted octanol–water partition coefficient (Wildman–Crippen LogP) is 2.21. The van der Waals surface area contributed by atoms with Gasteiger partial charge < -0.3 is 20.3 Å². The Morgan fingerprint density at radius 3 is 2.85 bits per heavy atom. The summed E-state index contributed by atoms with van der Waals surface area (Å²) in [6.45, 7) is 9.39. The highest BCUT2D eigenvalue weighted by Gasteiger charge is 2.34. The van der Waals surface area contributed by atoms with E-state index in [4.69, 9.17) is 16.3 Å². The highest BCUT2D eigenvalue weighted by atomic mass is 35.5. The van der Waals surface area contributed by atoms with Crippen molar-refractivity contribution in [3.63, 3.8) is 0 Å². The zero-order valence-electron chi connectivity index (χ0n) is 16.2. The first kappa shape index (κ1) is 19.5. The second-order valence-corrected chi connectivity index (χ2v) is 8.54. The van der Waals surface area contributed by atoms with Crippen molar-refractivity contribution < 1.29 is 4.74 Å². The number of halogens is 1. The maximum atomic E-state index is 6.13. The Labute approximate surface area is 168 Å². The molecule has 0 aromatic heterocycles. The molecule has 3 atom stereocenters. The molecule has 4 rings (SSSR count). The lowest BCUT2D eigenvalue weighted by molar-refractivity contribution is 0.0523. The van der Waals surface area contributed by atoms with Gasteiger partial charge in [0.05, 0.1) is 13.2 Å². The third-order valence-corrected chi connectivity index (χ3v) is 6.65. The van der Waals surface area contributed by atoms with E-state index in [1.165, 1.54) is 24.9 Å². The van der Waals surface area contributed by atoms with Gasteiger partial charge in [-0.2, -0.15) is 0 Å². The summed E-state index contributed by atoms with van der Waals surface area (Å²) in [4.78, 5) is 5.03. The van der Waals surface area contributed by atoms with E-state index in [0.29, 0.717) is 12.1 Å². The van der Waals surface area contributed by atoms with E-state index in [2.05, 4.69) is 32.6 Å². The molecule has 27 heavy (non-hydrogen) atoms. The molecule has 1 saturated carbocycles. The first-order chi connectivity index (χ1) is 13.3. The second-order valence-electron chi connectivity index (χ2n) is 8.10. The van der Waals surface area contributed by atoms with E-state index < -0.39 is 0 Å². The van der Waals surface area contributed by atoms with Gasteiger partial charge in [0.1, 0.15) is 0 Å². The number of nitrogens with one attached hydrogen (secondary N) is 2. The standard InChI is InChI=1S/C21H33ClN4O/c22-17-3-1-4-18(15-17)26-12-10-25(11-13-26)9-7-23-20-6-2-5-19(20)21-16-27-14-8-24-21/h1,3-4,15,19-21,23-24H,2,5-14,16H2. The van der Waals surface area contributed by atoms with Crippen LogP contribution in [0.5, 0.6) is 0 Å². The number of rotatable bonds is 6. The molecule has 1 aromatic carbocycles. The van der Waals surface area contributed by atoms with Crippen LogP contribution in [0.2, 0.25) is 5.02 Å². The summed E-state index contributed by atoms with van der Waals surface area (Å²) in [5, 5.41) is 8.35. The average Bonchev–Trinajstić information content (AvgIpc) is 3.18. The first-order valence-corrected chi connectivity index (χ1v) is 10.9. The SMILES string of the molecule is Clc1cccc(N2CCN(CCNC3CCCC3C3COCCN3)CC2)c1. The molecule has 3 fully saturated rings. The normalized spacial score (nSPS) is 30.0. The van der Waals surface area contributed by atoms with Gasteiger partial charge in [0.15, 0.2) is 0 Å². The Morgan fingerprint density at radius 2 is 2.07 bits per heavy atom. The number of benzene rings is 1. The maximum absolute atomic E-state index is 6.13. The number of piperazine rings is 1. The molecule has 6 heteroatoms. The quantitative estimate of drug-likeness (QED) is 0.776. The molecule has 3 aliphatic rings. The minimum Gasteiger partial charge on any atom is -0.379 e. The van der Waals surface area contributed by atoms with Crippen molar-refractivity contribution in [3.8, 4) is 0 Å². The van der Waals surface area contributed by atoms with E-state index in [1.807, 2.05) is 12.1 Å². The Hall–Kier alpha value is -0.850. The molecule has 1 aromatic rings. The molecule has 2 aliphatic heterocycles. The highest BCUT2D eigenvalue weighted by Crippen LogP contribution is 2.29. The molecule has 3 unspecified atom stereocenters. The van der Waals surface area contributed by atoms with Crippen molar-refractivity contribution in [1.82, 2.24) is 15.5 Å². The van der Waals surface area contributed by atoms with E-state index in [9.17, 15) is 0 Å². The van der Waals surface area contributed by atoms with Gasteiger partial charge >= 0.3 is 0 Å². The van der Waals surface area contributed by atoms with Crippen LogP contribution < -0.4 is 15.5 Å². The molecule has 0 spiro atoms. The van der Waals surface area contributed by atoms with Crippen LogP contribution in [-0.4, -0.2) is 76.0 Å². The number of ether oxygens (including phenoxy) is 1. The van der Waals surface area contributed by atoms with Gasteiger partial charge in [0.2, 0.25) is 0 Å². The van der Waals surface area contributed by atoms with Gasteiger partial charge in [0.25, 0.3) is 0 Å². The fourth-order valence-electron chi connectivity index (χ4n) is 4.90. The van der Waals surface area contributed by atoms with Crippen molar-refractivity contribution in [3.05, 3.63) is 29.3 Å². The van der Waals surface area contributed by atoms with E-state index in [-0.39, 0.29) is 0 Å². The van der Waals surface area contributed by atoms with Crippen LogP contribution in [0.1, 0.15) is 19.3 Å². The van der Waals surface area contributed by atoms with Crippen molar-refractivity contribution in [2.75, 3.05) is 63.9 Å². The van der Waals surface area contributed by atoms with Crippen molar-refractivity contribution in [2.45, 2.75) is 31.3 Å². The van der Waals surface area contributed by atoms with Gasteiger partial charge in [-0.1, -0.05) is 24.1 Å². The van der Waals surface area contributed by atoms with Gasteiger partial charge in [-0.05, 0) is 37.0 Å². The van der Waals surface area contributed by atoms with E-state index in [0.717, 1.165) is 70.0 Å². The van der Waals surface area contributed by atoms with Crippen LogP contribution in [0, 0.1) is 5.92 Å². The molecule has 5 nitrogen and oxygen atoms in total. The molecular weight excluding hydrogens is 360 g/mol. The van der Waals surface area contributed by atoms with Crippen molar-refractivity contribution in [2.24, 2.45) is 5.92 Å². The van der Waals surface area contributed by atoms with Crippen LogP contribution in [0.3, 0.4) is 0 Å². The van der Waals surface area contributed by atoms with Gasteiger partial charge in [-0.3, -0.25) is 4.90 Å². The van der Waals surface area contributed by atoms with E-state index >= 15 is 0 Å². The van der Waals surface area contributed by atoms with Gasteiger partial charge in [0, 0.05) is 68.6 Å². The minimum absolute atomic E-state index is 0.542. The second kappa shape index (κ2) is 9.57. The highest BCUT2D eigenvalue weighted by molar-refractivity contribution is 6.30. The lowest BCUT2D eigenvalue weighted by Gasteiger charge is -2.37. The summed E-state index contributed by atoms with van der Waals surface area (Å²) in [5.74, 6) is 0.727. The van der Waals surface area contributed by atoms with Crippen molar-refractivity contribution in [1.29, 1.82) is 0 Å². The average molecular weight is 393 g/mol. The van der Waals surface area contributed by atoms with Crippen LogP contribution >= 0.6 is 11.6 Å². The summed E-state index contributed by atoms with van der Waals surface area (Å²) in [6, 6.07) is 9.40. The van der Waals surface area contributed by atoms with Crippen LogP contribution in [0.25, 0.3) is 0 Å². The molecule has 2 N–H and O–H groups in total. The topological polar surface area (TPSA) is 39.8 Å². The number of hydrogen-bond acceptors (Lipinski definition) is 5. The Balaban J connectivity index is 1.18. The summed E-state index contributed by atoms with van der Waals surface area (Å²) < 4.78 is 5.68. The molecule has 0 bridgehead atoms. The molecular formula is C21H33ClN4O. The third-order valence-electron chi connectivity index (χ3n) is 6.42. The molecule has 0 amide bonds. The summed E-state index contributed by atoms with van der Waals surface area (Å²) in [5.41, 5.74) is 1.25. The molecule has 150 valence electrons. The number of anilines is 1. The summed E-state index contributed by atoms with van der Waals surface area (Å²) in [6.07, 6.45) is 3.99. The maximum Gasteiger partial charge on any atom is 0.0623 e. The Morgan fingerprint density at radius 1 is 1.19 bits per heavy atom. The lowest BCUT2D eigenvalue weighted by atomic mass is 9.94.